The molecule has 4 nitrogen and oxygen atoms in total. The molecule has 0 saturated carbocycles. The fourth-order valence-electron chi connectivity index (χ4n) is 1.63. The highest BCUT2D eigenvalue weighted by atomic mass is 79.9. The van der Waals surface area contributed by atoms with Crippen LogP contribution in [-0.4, -0.2) is 16.0 Å². The van der Waals surface area contributed by atoms with Crippen LogP contribution in [0.25, 0.3) is 0 Å². The first-order valence-corrected chi connectivity index (χ1v) is 6.88. The van der Waals surface area contributed by atoms with Gasteiger partial charge in [0.25, 0.3) is 5.91 Å². The third-order valence-electron chi connectivity index (χ3n) is 2.65. The summed E-state index contributed by atoms with van der Waals surface area (Å²) in [6.45, 7) is 0. The van der Waals surface area contributed by atoms with Crippen molar-refractivity contribution < 1.29 is 9.90 Å². The van der Waals surface area contributed by atoms with Crippen LogP contribution in [0.3, 0.4) is 0 Å². The monoisotopic (exact) mass is 350 g/mol. The molecule has 2 aromatic carbocycles. The van der Waals surface area contributed by atoms with Crippen LogP contribution in [0.1, 0.15) is 15.9 Å². The molecule has 0 spiro atoms. The maximum absolute atomic E-state index is 12.1. The SMILES string of the molecule is NC(=S)c1ccc(NC(=O)c2ccccc2O)c(Br)c1. The Morgan fingerprint density at radius 3 is 2.55 bits per heavy atom. The molecule has 0 aliphatic heterocycles. The lowest BCUT2D eigenvalue weighted by Gasteiger charge is -2.09. The van der Waals surface area contributed by atoms with Gasteiger partial charge in [-0.15, -0.1) is 0 Å². The van der Waals surface area contributed by atoms with Crippen LogP contribution >= 0.6 is 28.1 Å². The number of phenolic OH excluding ortho intramolecular Hbond substituents is 1. The average Bonchev–Trinajstić information content (AvgIpc) is 2.41. The Morgan fingerprint density at radius 1 is 1.25 bits per heavy atom. The van der Waals surface area contributed by atoms with Crippen LogP contribution < -0.4 is 11.1 Å². The van der Waals surface area contributed by atoms with Crippen LogP contribution in [0, 0.1) is 0 Å². The number of halogens is 1. The van der Waals surface area contributed by atoms with Crippen molar-refractivity contribution in [2.24, 2.45) is 5.73 Å². The number of hydrogen-bond donors (Lipinski definition) is 3. The molecule has 0 aliphatic rings. The minimum Gasteiger partial charge on any atom is -0.507 e. The molecule has 0 heterocycles. The standard InChI is InChI=1S/C14H11BrN2O2S/c15-10-7-8(13(16)20)5-6-11(10)17-14(19)9-3-1-2-4-12(9)18/h1-7,18H,(H2,16,20)(H,17,19). The van der Waals surface area contributed by atoms with Crippen molar-refractivity contribution >= 4 is 44.7 Å². The maximum atomic E-state index is 12.1. The highest BCUT2D eigenvalue weighted by molar-refractivity contribution is 9.10. The highest BCUT2D eigenvalue weighted by Crippen LogP contribution is 2.25. The summed E-state index contributed by atoms with van der Waals surface area (Å²) in [6.07, 6.45) is 0. The van der Waals surface area contributed by atoms with E-state index in [9.17, 15) is 9.90 Å². The number of thiocarbonyl (C=S) groups is 1. The first-order chi connectivity index (χ1) is 9.49. The van der Waals surface area contributed by atoms with E-state index < -0.39 is 5.91 Å². The van der Waals surface area contributed by atoms with Crippen molar-refractivity contribution in [3.63, 3.8) is 0 Å². The van der Waals surface area contributed by atoms with Gasteiger partial charge in [-0.3, -0.25) is 4.79 Å². The molecule has 2 rings (SSSR count). The summed E-state index contributed by atoms with van der Waals surface area (Å²) >= 11 is 8.23. The summed E-state index contributed by atoms with van der Waals surface area (Å²) in [5.41, 5.74) is 7.01. The minimum atomic E-state index is -0.396. The number of anilines is 1. The summed E-state index contributed by atoms with van der Waals surface area (Å²) in [6, 6.07) is 11.5. The van der Waals surface area contributed by atoms with Crippen molar-refractivity contribution in [3.05, 3.63) is 58.1 Å². The summed E-state index contributed by atoms with van der Waals surface area (Å²) < 4.78 is 0.659. The van der Waals surface area contributed by atoms with Crippen LogP contribution in [0.2, 0.25) is 0 Å². The molecule has 0 fully saturated rings. The lowest BCUT2D eigenvalue weighted by molar-refractivity contribution is 0.102. The summed E-state index contributed by atoms with van der Waals surface area (Å²) in [4.78, 5) is 12.3. The first kappa shape index (κ1) is 14.5. The van der Waals surface area contributed by atoms with Gasteiger partial charge in [-0.2, -0.15) is 0 Å². The number of carbonyl (C=O) groups is 1. The zero-order valence-electron chi connectivity index (χ0n) is 10.3. The summed E-state index contributed by atoms with van der Waals surface area (Å²) in [7, 11) is 0. The van der Waals surface area contributed by atoms with Crippen LogP contribution in [-0.2, 0) is 0 Å². The van der Waals surface area contributed by atoms with E-state index in [1.807, 2.05) is 0 Å². The molecule has 0 radical (unpaired) electrons. The molecule has 1 amide bonds. The lowest BCUT2D eigenvalue weighted by atomic mass is 10.1. The largest absolute Gasteiger partial charge is 0.507 e. The molecule has 0 atom stereocenters. The molecule has 0 saturated heterocycles. The molecular weight excluding hydrogens is 340 g/mol. The second kappa shape index (κ2) is 6.02. The molecule has 0 aliphatic carbocycles. The molecule has 6 heteroatoms. The molecule has 102 valence electrons. The fourth-order valence-corrected chi connectivity index (χ4v) is 2.23. The van der Waals surface area contributed by atoms with Gasteiger partial charge in [0.05, 0.1) is 11.3 Å². The number of benzene rings is 2. The quantitative estimate of drug-likeness (QED) is 0.743. The van der Waals surface area contributed by atoms with Gasteiger partial charge in [0, 0.05) is 10.0 Å². The predicted octanol–water partition coefficient (Wildman–Crippen LogP) is 3.04. The molecule has 0 unspecified atom stereocenters. The van der Waals surface area contributed by atoms with Crippen molar-refractivity contribution in [1.82, 2.24) is 0 Å². The van der Waals surface area contributed by atoms with Gasteiger partial charge in [-0.1, -0.05) is 24.4 Å². The van der Waals surface area contributed by atoms with Crippen molar-refractivity contribution in [2.45, 2.75) is 0 Å². The number of nitrogens with one attached hydrogen (secondary N) is 1. The molecule has 2 aromatic rings. The van der Waals surface area contributed by atoms with Gasteiger partial charge < -0.3 is 16.2 Å². The van der Waals surface area contributed by atoms with Gasteiger partial charge >= 0.3 is 0 Å². The number of amides is 1. The minimum absolute atomic E-state index is 0.0686. The maximum Gasteiger partial charge on any atom is 0.259 e. The zero-order chi connectivity index (χ0) is 14.7. The van der Waals surface area contributed by atoms with Gasteiger partial charge in [0.2, 0.25) is 0 Å². The Bertz CT molecular complexity index is 689. The number of carbonyl (C=O) groups excluding carboxylic acids is 1. The number of hydrogen-bond acceptors (Lipinski definition) is 3. The van der Waals surface area contributed by atoms with Crippen LogP contribution in [0.15, 0.2) is 46.9 Å². The third kappa shape index (κ3) is 3.15. The number of nitrogens with two attached hydrogens (primary N) is 1. The Morgan fingerprint density at radius 2 is 1.95 bits per heavy atom. The topological polar surface area (TPSA) is 75.3 Å². The normalized spacial score (nSPS) is 10.1. The fraction of sp³-hybridized carbons (Fsp3) is 0. The van der Waals surface area contributed by atoms with E-state index in [1.54, 1.807) is 36.4 Å². The first-order valence-electron chi connectivity index (χ1n) is 5.67. The third-order valence-corrected chi connectivity index (χ3v) is 3.54. The number of rotatable bonds is 3. The van der Waals surface area contributed by atoms with E-state index in [0.29, 0.717) is 15.7 Å². The molecule has 4 N–H and O–H groups in total. The number of phenols is 1. The van der Waals surface area contributed by atoms with Crippen LogP contribution in [0.5, 0.6) is 5.75 Å². The van der Waals surface area contributed by atoms with E-state index in [0.717, 1.165) is 0 Å². The summed E-state index contributed by atoms with van der Waals surface area (Å²) in [5.74, 6) is -0.465. The van der Waals surface area contributed by atoms with E-state index in [-0.39, 0.29) is 16.3 Å². The van der Waals surface area contributed by atoms with Crippen molar-refractivity contribution in [2.75, 3.05) is 5.32 Å². The lowest BCUT2D eigenvalue weighted by Crippen LogP contribution is -2.13. The molecule has 20 heavy (non-hydrogen) atoms. The molecule has 0 aromatic heterocycles. The van der Waals surface area contributed by atoms with E-state index in [4.69, 9.17) is 18.0 Å². The zero-order valence-corrected chi connectivity index (χ0v) is 12.7. The van der Waals surface area contributed by atoms with Gasteiger partial charge in [0.15, 0.2) is 0 Å². The van der Waals surface area contributed by atoms with Gasteiger partial charge in [-0.05, 0) is 46.3 Å². The highest BCUT2D eigenvalue weighted by Gasteiger charge is 2.12. The van der Waals surface area contributed by atoms with Gasteiger partial charge in [0.1, 0.15) is 10.7 Å². The van der Waals surface area contributed by atoms with E-state index in [1.165, 1.54) is 6.07 Å². The Kier molecular flexibility index (Phi) is 4.36. The second-order valence-corrected chi connectivity index (χ2v) is 5.32. The Labute approximate surface area is 129 Å². The van der Waals surface area contributed by atoms with Crippen molar-refractivity contribution in [3.8, 4) is 5.75 Å². The molecule has 0 bridgehead atoms. The number of para-hydroxylation sites is 1. The van der Waals surface area contributed by atoms with Crippen LogP contribution in [0.4, 0.5) is 5.69 Å². The van der Waals surface area contributed by atoms with E-state index >= 15 is 0 Å². The van der Waals surface area contributed by atoms with Crippen molar-refractivity contribution in [1.29, 1.82) is 0 Å². The smallest absolute Gasteiger partial charge is 0.259 e. The Balaban J connectivity index is 2.25. The van der Waals surface area contributed by atoms with Gasteiger partial charge in [-0.25, -0.2) is 0 Å². The predicted molar refractivity (Wildman–Crippen MR) is 86.1 cm³/mol. The van der Waals surface area contributed by atoms with E-state index in [2.05, 4.69) is 21.2 Å². The average molecular weight is 351 g/mol. The second-order valence-electron chi connectivity index (χ2n) is 4.03. The molecular formula is C14H11BrN2O2S. The number of aromatic hydroxyl groups is 1. The Hall–Kier alpha value is -1.92. The summed E-state index contributed by atoms with van der Waals surface area (Å²) in [5, 5.41) is 12.3.